The normalized spacial score (nSPS) is 14.4. The fraction of sp³-hybridized carbons (Fsp3) is 0.310. The van der Waals surface area contributed by atoms with Crippen molar-refractivity contribution in [3.63, 3.8) is 0 Å². The molecule has 1 N–H and O–H groups in total. The Hall–Kier alpha value is -2.89. The van der Waals surface area contributed by atoms with Gasteiger partial charge in [-0.15, -0.1) is 0 Å². The van der Waals surface area contributed by atoms with Gasteiger partial charge in [0, 0.05) is 29.1 Å². The number of rotatable bonds is 9. The summed E-state index contributed by atoms with van der Waals surface area (Å²) in [5.74, 6) is -0.831. The monoisotopic (exact) mass is 526 g/mol. The Balaban J connectivity index is 1.68. The maximum atomic E-state index is 13.8. The summed E-state index contributed by atoms with van der Waals surface area (Å²) in [6.45, 7) is 0.150. The van der Waals surface area contributed by atoms with Crippen molar-refractivity contribution in [1.29, 1.82) is 0 Å². The van der Waals surface area contributed by atoms with Gasteiger partial charge >= 0.3 is 0 Å². The zero-order chi connectivity index (χ0) is 25.5. The fourth-order valence-corrected chi connectivity index (χ4v) is 5.19. The van der Waals surface area contributed by atoms with Crippen LogP contribution in [0, 0.1) is 5.82 Å². The zero-order valence-electron chi connectivity index (χ0n) is 19.9. The van der Waals surface area contributed by atoms with Gasteiger partial charge in [-0.2, -0.15) is 0 Å². The Kier molecular flexibility index (Phi) is 9.00. The maximum absolute atomic E-state index is 13.8. The van der Waals surface area contributed by atoms with Crippen LogP contribution in [0.3, 0.4) is 0 Å². The minimum atomic E-state index is -0.758. The molecule has 3 aromatic carbocycles. The molecule has 0 unspecified atom stereocenters. The molecule has 1 saturated carbocycles. The van der Waals surface area contributed by atoms with Gasteiger partial charge in [-0.3, -0.25) is 9.59 Å². The first-order chi connectivity index (χ1) is 17.4. The lowest BCUT2D eigenvalue weighted by atomic mass is 10.0. The number of nitrogens with zero attached hydrogens (tertiary/aromatic N) is 1. The third kappa shape index (κ3) is 6.86. The SMILES string of the molecule is O=C(NC1CCCC1)[C@@H](Cc1ccccc1)N(Cc1ccc(F)cc1)C(=O)Cc1c(Cl)cccc1Cl. The first kappa shape index (κ1) is 26.2. The number of benzene rings is 3. The van der Waals surface area contributed by atoms with E-state index in [4.69, 9.17) is 23.2 Å². The summed E-state index contributed by atoms with van der Waals surface area (Å²) < 4.78 is 13.6. The van der Waals surface area contributed by atoms with Crippen molar-refractivity contribution in [2.24, 2.45) is 0 Å². The van der Waals surface area contributed by atoms with E-state index in [0.29, 0.717) is 22.0 Å². The number of halogens is 3. The van der Waals surface area contributed by atoms with E-state index < -0.39 is 6.04 Å². The summed E-state index contributed by atoms with van der Waals surface area (Å²) in [5, 5.41) is 3.96. The summed E-state index contributed by atoms with van der Waals surface area (Å²) in [4.78, 5) is 29.1. The number of hydrogen-bond acceptors (Lipinski definition) is 2. The molecule has 1 atom stereocenters. The van der Waals surface area contributed by atoms with Gasteiger partial charge in [-0.1, -0.05) is 84.6 Å². The Morgan fingerprint density at radius 2 is 1.53 bits per heavy atom. The molecular formula is C29H29Cl2FN2O2. The number of amides is 2. The predicted octanol–water partition coefficient (Wildman–Crippen LogP) is 6.37. The Morgan fingerprint density at radius 1 is 0.889 bits per heavy atom. The molecule has 1 fully saturated rings. The van der Waals surface area contributed by atoms with Crippen molar-refractivity contribution in [3.05, 3.63) is 105 Å². The van der Waals surface area contributed by atoms with Gasteiger partial charge in [0.2, 0.25) is 11.8 Å². The number of carbonyl (C=O) groups excluding carboxylic acids is 2. The quantitative estimate of drug-likeness (QED) is 0.352. The lowest BCUT2D eigenvalue weighted by molar-refractivity contribution is -0.141. The first-order valence-corrected chi connectivity index (χ1v) is 13.0. The van der Waals surface area contributed by atoms with Crippen LogP contribution >= 0.6 is 23.2 Å². The molecule has 1 aliphatic rings. The van der Waals surface area contributed by atoms with E-state index in [-0.39, 0.29) is 36.6 Å². The van der Waals surface area contributed by atoms with E-state index in [1.165, 1.54) is 12.1 Å². The minimum Gasteiger partial charge on any atom is -0.352 e. The Morgan fingerprint density at radius 3 is 2.17 bits per heavy atom. The summed E-state index contributed by atoms with van der Waals surface area (Å²) in [5.41, 5.74) is 2.18. The van der Waals surface area contributed by atoms with Crippen LogP contribution in [0.1, 0.15) is 42.4 Å². The van der Waals surface area contributed by atoms with Gasteiger partial charge in [-0.25, -0.2) is 4.39 Å². The molecule has 0 aliphatic heterocycles. The second kappa shape index (κ2) is 12.4. The molecule has 0 spiro atoms. The summed E-state index contributed by atoms with van der Waals surface area (Å²) in [6.07, 6.45) is 4.33. The van der Waals surface area contributed by atoms with E-state index >= 15 is 0 Å². The third-order valence-corrected chi connectivity index (χ3v) is 7.34. The van der Waals surface area contributed by atoms with Crippen molar-refractivity contribution < 1.29 is 14.0 Å². The third-order valence-electron chi connectivity index (χ3n) is 6.63. The van der Waals surface area contributed by atoms with Crippen LogP contribution in [-0.4, -0.2) is 28.8 Å². The number of carbonyl (C=O) groups is 2. The molecule has 0 aromatic heterocycles. The lowest BCUT2D eigenvalue weighted by Gasteiger charge is -2.32. The molecule has 3 aromatic rings. The van der Waals surface area contributed by atoms with Gasteiger partial charge in [0.1, 0.15) is 11.9 Å². The molecule has 0 bridgehead atoms. The molecule has 4 rings (SSSR count). The van der Waals surface area contributed by atoms with Crippen LogP contribution in [0.4, 0.5) is 4.39 Å². The average molecular weight is 527 g/mol. The van der Waals surface area contributed by atoms with Gasteiger partial charge in [-0.05, 0) is 53.8 Å². The van der Waals surface area contributed by atoms with Gasteiger partial charge in [0.15, 0.2) is 0 Å². The average Bonchev–Trinajstić information content (AvgIpc) is 3.38. The van der Waals surface area contributed by atoms with Crippen LogP contribution in [-0.2, 0) is 29.0 Å². The largest absolute Gasteiger partial charge is 0.352 e. The molecule has 0 saturated heterocycles. The highest BCUT2D eigenvalue weighted by atomic mass is 35.5. The maximum Gasteiger partial charge on any atom is 0.243 e. The smallest absolute Gasteiger partial charge is 0.243 e. The van der Waals surface area contributed by atoms with E-state index in [0.717, 1.165) is 36.8 Å². The molecule has 1 aliphatic carbocycles. The minimum absolute atomic E-state index is 0.0539. The molecule has 7 heteroatoms. The van der Waals surface area contributed by atoms with Crippen molar-refractivity contribution in [2.45, 2.75) is 57.2 Å². The van der Waals surface area contributed by atoms with Crippen LogP contribution < -0.4 is 5.32 Å². The van der Waals surface area contributed by atoms with Crippen LogP contribution in [0.2, 0.25) is 10.0 Å². The molecule has 36 heavy (non-hydrogen) atoms. The standard InChI is InChI=1S/C29H29Cl2FN2O2/c30-25-11-6-12-26(31)24(25)18-28(35)34(19-21-13-15-22(32)16-14-21)27(17-20-7-2-1-3-8-20)29(36)33-23-9-4-5-10-23/h1-3,6-8,11-16,23,27H,4-5,9-10,17-19H2,(H,33,36)/t27-/m1/s1. The fourth-order valence-electron chi connectivity index (χ4n) is 4.66. The van der Waals surface area contributed by atoms with E-state index in [2.05, 4.69) is 5.32 Å². The number of nitrogens with one attached hydrogen (secondary N) is 1. The van der Waals surface area contributed by atoms with E-state index in [1.54, 1.807) is 35.2 Å². The topological polar surface area (TPSA) is 49.4 Å². The lowest BCUT2D eigenvalue weighted by Crippen LogP contribution is -2.52. The van der Waals surface area contributed by atoms with E-state index in [1.807, 2.05) is 30.3 Å². The molecule has 2 amide bonds. The first-order valence-electron chi connectivity index (χ1n) is 12.2. The highest BCUT2D eigenvalue weighted by Gasteiger charge is 2.32. The molecule has 0 heterocycles. The number of hydrogen-bond donors (Lipinski definition) is 1. The predicted molar refractivity (Wildman–Crippen MR) is 141 cm³/mol. The molecule has 0 radical (unpaired) electrons. The Bertz CT molecular complexity index is 1160. The molecule has 4 nitrogen and oxygen atoms in total. The van der Waals surface area contributed by atoms with Crippen molar-refractivity contribution in [3.8, 4) is 0 Å². The summed E-state index contributed by atoms with van der Waals surface area (Å²) >= 11 is 12.7. The molecular weight excluding hydrogens is 498 g/mol. The highest BCUT2D eigenvalue weighted by molar-refractivity contribution is 6.36. The summed E-state index contributed by atoms with van der Waals surface area (Å²) in [6, 6.07) is 20.1. The van der Waals surface area contributed by atoms with Crippen LogP contribution in [0.25, 0.3) is 0 Å². The zero-order valence-corrected chi connectivity index (χ0v) is 21.4. The second-order valence-corrected chi connectivity index (χ2v) is 10.0. The van der Waals surface area contributed by atoms with Crippen molar-refractivity contribution >= 4 is 35.0 Å². The van der Waals surface area contributed by atoms with Gasteiger partial charge < -0.3 is 10.2 Å². The molecule has 188 valence electrons. The summed E-state index contributed by atoms with van der Waals surface area (Å²) in [7, 11) is 0. The Labute approximate surface area is 221 Å². The van der Waals surface area contributed by atoms with Gasteiger partial charge in [0.05, 0.1) is 6.42 Å². The van der Waals surface area contributed by atoms with Crippen molar-refractivity contribution in [2.75, 3.05) is 0 Å². The van der Waals surface area contributed by atoms with Gasteiger partial charge in [0.25, 0.3) is 0 Å². The van der Waals surface area contributed by atoms with Crippen molar-refractivity contribution in [1.82, 2.24) is 10.2 Å². The second-order valence-electron chi connectivity index (χ2n) is 9.22. The highest BCUT2D eigenvalue weighted by Crippen LogP contribution is 2.27. The van der Waals surface area contributed by atoms with E-state index in [9.17, 15) is 14.0 Å². The van der Waals surface area contributed by atoms with Crippen LogP contribution in [0.15, 0.2) is 72.8 Å². The van der Waals surface area contributed by atoms with Crippen LogP contribution in [0.5, 0.6) is 0 Å².